The van der Waals surface area contributed by atoms with E-state index in [1.807, 2.05) is 24.3 Å². The summed E-state index contributed by atoms with van der Waals surface area (Å²) in [7, 11) is 1.60. The molecule has 1 aromatic carbocycles. The number of thiophene rings is 1. The lowest BCUT2D eigenvalue weighted by Gasteiger charge is -2.12. The molecule has 0 atom stereocenters. The van der Waals surface area contributed by atoms with Gasteiger partial charge in [-0.1, -0.05) is 17.3 Å². The number of anilines is 1. The van der Waals surface area contributed by atoms with Gasteiger partial charge in [-0.3, -0.25) is 9.89 Å². The number of H-pyrrole nitrogens is 1. The van der Waals surface area contributed by atoms with Crippen LogP contribution in [0, 0.1) is 6.92 Å². The molecule has 2 N–H and O–H groups in total. The minimum Gasteiger partial charge on any atom is -0.496 e. The molecule has 0 bridgehead atoms. The van der Waals surface area contributed by atoms with Crippen LogP contribution < -0.4 is 10.1 Å². The van der Waals surface area contributed by atoms with E-state index in [1.54, 1.807) is 20.1 Å². The number of rotatable bonds is 5. The zero-order chi connectivity index (χ0) is 21.4. The second-order valence-corrected chi connectivity index (χ2v) is 8.08. The van der Waals surface area contributed by atoms with Gasteiger partial charge in [0.1, 0.15) is 16.4 Å². The molecule has 0 unspecified atom stereocenters. The van der Waals surface area contributed by atoms with E-state index in [0.717, 1.165) is 28.0 Å². The Morgan fingerprint density at radius 2 is 2.19 bits per heavy atom. The standard InChI is InChI=1S/C21H19N5O4S/c1-11-22-20(30-26-11)18-13-7-8-29-10-17(13)31-21(18)23-19(27)15-9-14(24-25-15)12-5-3-4-6-16(12)28-2/h3-6,9H,7-8,10H2,1-2H3,(H,23,27)(H,24,25). The molecular formula is C21H19N5O4S. The Morgan fingerprint density at radius 1 is 1.32 bits per heavy atom. The van der Waals surface area contributed by atoms with E-state index in [4.69, 9.17) is 14.0 Å². The lowest BCUT2D eigenvalue weighted by atomic mass is 10.1. The molecule has 3 aromatic heterocycles. The van der Waals surface area contributed by atoms with Crippen LogP contribution in [-0.4, -0.2) is 40.0 Å². The summed E-state index contributed by atoms with van der Waals surface area (Å²) >= 11 is 1.46. The Morgan fingerprint density at radius 3 is 3.00 bits per heavy atom. The molecule has 1 aliphatic heterocycles. The predicted octanol–water partition coefficient (Wildman–Crippen LogP) is 3.83. The Kier molecular flexibility index (Phi) is 5.00. The van der Waals surface area contributed by atoms with Crippen molar-refractivity contribution >= 4 is 22.2 Å². The molecule has 0 aliphatic carbocycles. The summed E-state index contributed by atoms with van der Waals surface area (Å²) in [5.74, 6) is 1.30. The van der Waals surface area contributed by atoms with Gasteiger partial charge in [-0.15, -0.1) is 11.3 Å². The number of benzene rings is 1. The average Bonchev–Trinajstić information content (AvgIpc) is 3.51. The van der Waals surface area contributed by atoms with Gasteiger partial charge in [-0.25, -0.2) is 0 Å². The Bertz CT molecular complexity index is 1260. The van der Waals surface area contributed by atoms with Crippen LogP contribution in [-0.2, 0) is 17.8 Å². The first-order chi connectivity index (χ1) is 15.1. The molecule has 1 amide bonds. The maximum Gasteiger partial charge on any atom is 0.274 e. The highest BCUT2D eigenvalue weighted by molar-refractivity contribution is 7.17. The first-order valence-electron chi connectivity index (χ1n) is 9.67. The number of aromatic amines is 1. The molecule has 31 heavy (non-hydrogen) atoms. The van der Waals surface area contributed by atoms with Gasteiger partial charge in [0.05, 0.1) is 31.6 Å². The minimum absolute atomic E-state index is 0.314. The summed E-state index contributed by atoms with van der Waals surface area (Å²) in [6.45, 7) is 2.87. The summed E-state index contributed by atoms with van der Waals surface area (Å²) in [6, 6.07) is 9.20. The third-order valence-corrected chi connectivity index (χ3v) is 6.12. The van der Waals surface area contributed by atoms with Gasteiger partial charge in [0.15, 0.2) is 5.82 Å². The number of aromatic nitrogens is 4. The lowest BCUT2D eigenvalue weighted by molar-refractivity contribution is 0.102. The number of para-hydroxylation sites is 1. The summed E-state index contributed by atoms with van der Waals surface area (Å²) in [5, 5.41) is 14.6. The molecule has 0 saturated carbocycles. The lowest BCUT2D eigenvalue weighted by Crippen LogP contribution is -2.12. The van der Waals surface area contributed by atoms with Crippen LogP contribution in [0.4, 0.5) is 5.00 Å². The van der Waals surface area contributed by atoms with Crippen LogP contribution >= 0.6 is 11.3 Å². The largest absolute Gasteiger partial charge is 0.496 e. The number of aryl methyl sites for hydroxylation is 1. The highest BCUT2D eigenvalue weighted by atomic mass is 32.1. The van der Waals surface area contributed by atoms with Crippen molar-refractivity contribution < 1.29 is 18.8 Å². The Labute approximate surface area is 181 Å². The van der Waals surface area contributed by atoms with Crippen LogP contribution in [0.3, 0.4) is 0 Å². The highest BCUT2D eigenvalue weighted by Crippen LogP contribution is 2.42. The quantitative estimate of drug-likeness (QED) is 0.487. The van der Waals surface area contributed by atoms with E-state index < -0.39 is 0 Å². The summed E-state index contributed by atoms with van der Waals surface area (Å²) in [4.78, 5) is 18.4. The predicted molar refractivity (Wildman–Crippen MR) is 114 cm³/mol. The number of fused-ring (bicyclic) bond motifs is 1. The normalized spacial score (nSPS) is 13.1. The van der Waals surface area contributed by atoms with E-state index >= 15 is 0 Å². The zero-order valence-electron chi connectivity index (χ0n) is 16.9. The van der Waals surface area contributed by atoms with Crippen molar-refractivity contribution in [1.82, 2.24) is 20.3 Å². The van der Waals surface area contributed by atoms with E-state index in [0.29, 0.717) is 47.1 Å². The number of hydrogen-bond donors (Lipinski definition) is 2. The SMILES string of the molecule is COc1ccccc1-c1cc(C(=O)Nc2sc3c(c2-c2nc(C)no2)CCOC3)[nH]n1. The first kappa shape index (κ1) is 19.5. The molecule has 0 spiro atoms. The van der Waals surface area contributed by atoms with Crippen LogP contribution in [0.1, 0.15) is 26.8 Å². The van der Waals surface area contributed by atoms with Crippen molar-refractivity contribution in [3.05, 3.63) is 52.3 Å². The zero-order valence-corrected chi connectivity index (χ0v) is 17.7. The fourth-order valence-corrected chi connectivity index (χ4v) is 4.72. The van der Waals surface area contributed by atoms with Gasteiger partial charge in [0, 0.05) is 10.4 Å². The molecule has 10 heteroatoms. The molecule has 0 fully saturated rings. The number of carbonyl (C=O) groups excluding carboxylic acids is 1. The molecule has 9 nitrogen and oxygen atoms in total. The topological polar surface area (TPSA) is 115 Å². The van der Waals surface area contributed by atoms with Crippen LogP contribution in [0.15, 0.2) is 34.9 Å². The van der Waals surface area contributed by atoms with Crippen LogP contribution in [0.2, 0.25) is 0 Å². The Hall–Kier alpha value is -3.50. The van der Waals surface area contributed by atoms with E-state index in [-0.39, 0.29) is 5.91 Å². The monoisotopic (exact) mass is 437 g/mol. The third-order valence-electron chi connectivity index (χ3n) is 4.99. The van der Waals surface area contributed by atoms with Crippen molar-refractivity contribution in [3.63, 3.8) is 0 Å². The van der Waals surface area contributed by atoms with Gasteiger partial charge in [0.25, 0.3) is 11.8 Å². The smallest absolute Gasteiger partial charge is 0.274 e. The average molecular weight is 437 g/mol. The fourth-order valence-electron chi connectivity index (χ4n) is 3.55. The van der Waals surface area contributed by atoms with Gasteiger partial charge in [0.2, 0.25) is 0 Å². The van der Waals surface area contributed by atoms with Crippen LogP contribution in [0.25, 0.3) is 22.7 Å². The molecule has 5 rings (SSSR count). The number of nitrogens with one attached hydrogen (secondary N) is 2. The van der Waals surface area contributed by atoms with Crippen molar-refractivity contribution in [1.29, 1.82) is 0 Å². The van der Waals surface area contributed by atoms with Crippen LogP contribution in [0.5, 0.6) is 5.75 Å². The van der Waals surface area contributed by atoms with Crippen molar-refractivity contribution in [2.75, 3.05) is 19.0 Å². The number of methoxy groups -OCH3 is 1. The van der Waals surface area contributed by atoms with Crippen molar-refractivity contribution in [3.8, 4) is 28.5 Å². The molecule has 0 radical (unpaired) electrons. The van der Waals surface area contributed by atoms with E-state index in [1.165, 1.54) is 11.3 Å². The van der Waals surface area contributed by atoms with Crippen molar-refractivity contribution in [2.24, 2.45) is 0 Å². The second-order valence-electron chi connectivity index (χ2n) is 6.98. The molecule has 0 saturated heterocycles. The van der Waals surface area contributed by atoms with Gasteiger partial charge in [-0.2, -0.15) is 10.1 Å². The number of ether oxygens (including phenoxy) is 2. The number of nitrogens with zero attached hydrogens (tertiary/aromatic N) is 3. The molecular weight excluding hydrogens is 418 g/mol. The summed E-state index contributed by atoms with van der Waals surface area (Å²) in [6.07, 6.45) is 0.723. The van der Waals surface area contributed by atoms with Gasteiger partial charge < -0.3 is 19.3 Å². The summed E-state index contributed by atoms with van der Waals surface area (Å²) < 4.78 is 16.4. The summed E-state index contributed by atoms with van der Waals surface area (Å²) in [5.41, 5.74) is 3.59. The fraction of sp³-hybridized carbons (Fsp3) is 0.238. The van der Waals surface area contributed by atoms with Gasteiger partial charge >= 0.3 is 0 Å². The third kappa shape index (κ3) is 3.60. The van der Waals surface area contributed by atoms with E-state index in [9.17, 15) is 4.79 Å². The molecule has 1 aliphatic rings. The first-order valence-corrected chi connectivity index (χ1v) is 10.5. The molecule has 4 aromatic rings. The maximum atomic E-state index is 13.0. The Balaban J connectivity index is 1.46. The van der Waals surface area contributed by atoms with Gasteiger partial charge in [-0.05, 0) is 37.1 Å². The second kappa shape index (κ2) is 7.97. The van der Waals surface area contributed by atoms with E-state index in [2.05, 4.69) is 25.7 Å². The highest BCUT2D eigenvalue weighted by Gasteiger charge is 2.27. The maximum absolute atomic E-state index is 13.0. The minimum atomic E-state index is -0.314. The molecule has 158 valence electrons. The number of carbonyl (C=O) groups is 1. The van der Waals surface area contributed by atoms with Crippen molar-refractivity contribution in [2.45, 2.75) is 20.0 Å². The molecule has 4 heterocycles. The number of hydrogen-bond acceptors (Lipinski definition) is 8. The number of amides is 1.